The number of nitro groups is 1. The Morgan fingerprint density at radius 2 is 2.17 bits per heavy atom. The molecule has 1 fully saturated rings. The Morgan fingerprint density at radius 3 is 2.83 bits per heavy atom. The van der Waals surface area contributed by atoms with Crippen molar-refractivity contribution in [3.05, 3.63) is 56.5 Å². The van der Waals surface area contributed by atoms with Crippen LogP contribution in [0.25, 0.3) is 0 Å². The van der Waals surface area contributed by atoms with Crippen molar-refractivity contribution in [3.63, 3.8) is 0 Å². The zero-order valence-corrected chi connectivity index (χ0v) is 17.2. The van der Waals surface area contributed by atoms with E-state index in [0.29, 0.717) is 12.3 Å². The largest absolute Gasteiger partial charge is 0.376 e. The highest BCUT2D eigenvalue weighted by atomic mass is 32.1. The molecule has 0 unspecified atom stereocenters. The molecule has 0 saturated carbocycles. The van der Waals surface area contributed by atoms with E-state index in [0.717, 1.165) is 35.3 Å². The molecular formula is C20H23N3O5S. The smallest absolute Gasteiger partial charge is 0.324 e. The van der Waals surface area contributed by atoms with Crippen molar-refractivity contribution in [2.45, 2.75) is 32.8 Å². The van der Waals surface area contributed by atoms with Crippen molar-refractivity contribution < 1.29 is 19.2 Å². The fourth-order valence-electron chi connectivity index (χ4n) is 3.22. The van der Waals surface area contributed by atoms with Gasteiger partial charge in [-0.15, -0.1) is 0 Å². The van der Waals surface area contributed by atoms with E-state index < -0.39 is 10.8 Å². The second kappa shape index (κ2) is 9.15. The van der Waals surface area contributed by atoms with Crippen LogP contribution < -0.4 is 5.32 Å². The van der Waals surface area contributed by atoms with Crippen molar-refractivity contribution in [1.29, 1.82) is 0 Å². The molecule has 3 rings (SSSR count). The maximum atomic E-state index is 13.0. The average molecular weight is 417 g/mol. The molecule has 2 aromatic rings. The fourth-order valence-corrected chi connectivity index (χ4v) is 3.92. The number of rotatable bonds is 7. The van der Waals surface area contributed by atoms with Crippen LogP contribution in [0, 0.1) is 24.0 Å². The number of hydrogen-bond donors (Lipinski definition) is 1. The summed E-state index contributed by atoms with van der Waals surface area (Å²) in [7, 11) is 0. The van der Waals surface area contributed by atoms with Crippen molar-refractivity contribution in [1.82, 2.24) is 4.90 Å². The quantitative estimate of drug-likeness (QED) is 0.548. The third kappa shape index (κ3) is 5.18. The van der Waals surface area contributed by atoms with Gasteiger partial charge in [-0.1, -0.05) is 23.5 Å². The Bertz CT molecular complexity index is 921. The molecule has 1 saturated heterocycles. The van der Waals surface area contributed by atoms with Crippen LogP contribution >= 0.6 is 11.3 Å². The van der Waals surface area contributed by atoms with Crippen molar-refractivity contribution >= 4 is 33.8 Å². The minimum Gasteiger partial charge on any atom is -0.376 e. The van der Waals surface area contributed by atoms with Gasteiger partial charge in [0.05, 0.1) is 16.6 Å². The summed E-state index contributed by atoms with van der Waals surface area (Å²) in [5.74, 6) is -0.740. The van der Waals surface area contributed by atoms with E-state index in [1.807, 2.05) is 32.0 Å². The van der Waals surface area contributed by atoms with Gasteiger partial charge in [0.25, 0.3) is 5.91 Å². The molecule has 1 N–H and O–H groups in total. The molecule has 29 heavy (non-hydrogen) atoms. The molecule has 2 amide bonds. The number of thiophene rings is 1. The molecule has 2 heterocycles. The molecule has 1 atom stereocenters. The van der Waals surface area contributed by atoms with Crippen LogP contribution in [0.5, 0.6) is 0 Å². The number of benzene rings is 1. The van der Waals surface area contributed by atoms with Gasteiger partial charge in [-0.05, 0) is 43.9 Å². The Kier molecular flexibility index (Phi) is 6.60. The van der Waals surface area contributed by atoms with E-state index in [-0.39, 0.29) is 35.7 Å². The number of carbonyl (C=O) groups excluding carboxylic acids is 2. The maximum Gasteiger partial charge on any atom is 0.324 e. The maximum absolute atomic E-state index is 13.0. The van der Waals surface area contributed by atoms with Gasteiger partial charge in [-0.2, -0.15) is 0 Å². The van der Waals surface area contributed by atoms with Crippen LogP contribution in [0.1, 0.15) is 34.3 Å². The summed E-state index contributed by atoms with van der Waals surface area (Å²) in [4.78, 5) is 37.4. The standard InChI is InChI=1S/C20H23N3O5S/c1-13-5-3-7-17(14(13)2)21-18(24)11-22(10-16-6-4-8-28-16)20(25)15-9-19(23(26)27)29-12-15/h3,5,7,9,12,16H,4,6,8,10-11H2,1-2H3,(H,21,24)/t16-/m1/s1. The molecule has 0 spiro atoms. The van der Waals surface area contributed by atoms with E-state index in [4.69, 9.17) is 4.74 Å². The highest BCUT2D eigenvalue weighted by Crippen LogP contribution is 2.24. The number of anilines is 1. The zero-order valence-electron chi connectivity index (χ0n) is 16.3. The highest BCUT2D eigenvalue weighted by molar-refractivity contribution is 7.13. The first-order valence-corrected chi connectivity index (χ1v) is 10.2. The van der Waals surface area contributed by atoms with Gasteiger partial charge in [0.1, 0.15) is 6.54 Å². The number of hydrogen-bond acceptors (Lipinski definition) is 6. The van der Waals surface area contributed by atoms with Gasteiger partial charge in [0, 0.05) is 30.3 Å². The predicted octanol–water partition coefficient (Wildman–Crippen LogP) is 3.53. The van der Waals surface area contributed by atoms with Crippen molar-refractivity contribution in [3.8, 4) is 0 Å². The normalized spacial score (nSPS) is 15.9. The van der Waals surface area contributed by atoms with Gasteiger partial charge >= 0.3 is 5.00 Å². The molecule has 0 radical (unpaired) electrons. The molecule has 1 aromatic heterocycles. The molecule has 1 aromatic carbocycles. The van der Waals surface area contributed by atoms with E-state index in [1.54, 1.807) is 0 Å². The molecule has 9 heteroatoms. The van der Waals surface area contributed by atoms with Crippen LogP contribution in [0.2, 0.25) is 0 Å². The third-order valence-electron chi connectivity index (χ3n) is 4.96. The summed E-state index contributed by atoms with van der Waals surface area (Å²) >= 11 is 0.893. The summed E-state index contributed by atoms with van der Waals surface area (Å²) in [5, 5.41) is 15.1. The molecule has 0 aliphatic carbocycles. The minimum absolute atomic E-state index is 0.106. The Labute approximate surface area is 172 Å². The lowest BCUT2D eigenvalue weighted by Gasteiger charge is -2.25. The SMILES string of the molecule is Cc1cccc(NC(=O)CN(C[C@H]2CCCO2)C(=O)c2csc([N+](=O)[O-])c2)c1C. The van der Waals surface area contributed by atoms with Crippen molar-refractivity contribution in [2.24, 2.45) is 0 Å². The van der Waals surface area contributed by atoms with Gasteiger partial charge in [-0.25, -0.2) is 0 Å². The lowest BCUT2D eigenvalue weighted by molar-refractivity contribution is -0.380. The average Bonchev–Trinajstić information content (AvgIpc) is 3.36. The van der Waals surface area contributed by atoms with E-state index in [1.165, 1.54) is 16.3 Å². The second-order valence-corrected chi connectivity index (χ2v) is 7.94. The molecule has 1 aliphatic rings. The molecule has 1 aliphatic heterocycles. The number of amides is 2. The predicted molar refractivity (Wildman–Crippen MR) is 110 cm³/mol. The van der Waals surface area contributed by atoms with Crippen LogP contribution in [-0.4, -0.2) is 47.4 Å². The molecular weight excluding hydrogens is 394 g/mol. The monoisotopic (exact) mass is 417 g/mol. The lowest BCUT2D eigenvalue weighted by Crippen LogP contribution is -2.42. The zero-order chi connectivity index (χ0) is 21.0. The molecule has 8 nitrogen and oxygen atoms in total. The van der Waals surface area contributed by atoms with Crippen LogP contribution in [0.15, 0.2) is 29.6 Å². The fraction of sp³-hybridized carbons (Fsp3) is 0.400. The van der Waals surface area contributed by atoms with Crippen LogP contribution in [0.3, 0.4) is 0 Å². The molecule has 0 bridgehead atoms. The van der Waals surface area contributed by atoms with Gasteiger partial charge < -0.3 is 15.0 Å². The Morgan fingerprint density at radius 1 is 1.38 bits per heavy atom. The number of ether oxygens (including phenoxy) is 1. The summed E-state index contributed by atoms with van der Waals surface area (Å²) in [6.45, 7) is 4.62. The third-order valence-corrected chi connectivity index (χ3v) is 5.84. The summed E-state index contributed by atoms with van der Waals surface area (Å²) in [5.41, 5.74) is 2.93. The van der Waals surface area contributed by atoms with Crippen molar-refractivity contribution in [2.75, 3.05) is 25.0 Å². The number of nitrogens with one attached hydrogen (secondary N) is 1. The number of nitrogens with zero attached hydrogens (tertiary/aromatic N) is 2. The Hall–Kier alpha value is -2.78. The topological polar surface area (TPSA) is 102 Å². The van der Waals surface area contributed by atoms with E-state index in [9.17, 15) is 19.7 Å². The first-order chi connectivity index (χ1) is 13.8. The molecule has 154 valence electrons. The lowest BCUT2D eigenvalue weighted by atomic mass is 10.1. The summed E-state index contributed by atoms with van der Waals surface area (Å²) in [6, 6.07) is 6.88. The minimum atomic E-state index is -0.529. The number of aryl methyl sites for hydroxylation is 1. The second-order valence-electron chi connectivity index (χ2n) is 7.05. The Balaban J connectivity index is 1.75. The van der Waals surface area contributed by atoms with Gasteiger partial charge in [-0.3, -0.25) is 19.7 Å². The summed E-state index contributed by atoms with van der Waals surface area (Å²) in [6.07, 6.45) is 1.58. The van der Waals surface area contributed by atoms with Gasteiger partial charge in [0.2, 0.25) is 5.91 Å². The van der Waals surface area contributed by atoms with E-state index in [2.05, 4.69) is 5.32 Å². The number of carbonyl (C=O) groups is 2. The van der Waals surface area contributed by atoms with Crippen LogP contribution in [0.4, 0.5) is 10.7 Å². The van der Waals surface area contributed by atoms with Gasteiger partial charge in [0.15, 0.2) is 0 Å². The van der Waals surface area contributed by atoms with E-state index >= 15 is 0 Å². The summed E-state index contributed by atoms with van der Waals surface area (Å²) < 4.78 is 5.62. The first kappa shape index (κ1) is 20.9. The van der Waals surface area contributed by atoms with Crippen LogP contribution in [-0.2, 0) is 9.53 Å². The first-order valence-electron chi connectivity index (χ1n) is 9.35. The highest BCUT2D eigenvalue weighted by Gasteiger charge is 2.27.